The molecular formula is C28H29FN4OS. The average Bonchev–Trinajstić information content (AvgIpc) is 3.29. The van der Waals surface area contributed by atoms with E-state index in [4.69, 9.17) is 0 Å². The molecule has 1 aromatic heterocycles. The van der Waals surface area contributed by atoms with Crippen molar-refractivity contribution in [2.75, 3.05) is 0 Å². The van der Waals surface area contributed by atoms with Crippen molar-refractivity contribution in [3.05, 3.63) is 107 Å². The van der Waals surface area contributed by atoms with Crippen LogP contribution in [0.25, 0.3) is 5.69 Å². The normalized spacial score (nSPS) is 10.9. The summed E-state index contributed by atoms with van der Waals surface area (Å²) >= 11 is 1.52. The van der Waals surface area contributed by atoms with E-state index in [-0.39, 0.29) is 18.3 Å². The molecule has 180 valence electrons. The third-order valence-electron chi connectivity index (χ3n) is 5.72. The van der Waals surface area contributed by atoms with E-state index >= 15 is 0 Å². The number of benzene rings is 3. The molecule has 0 aliphatic heterocycles. The van der Waals surface area contributed by atoms with Crippen molar-refractivity contribution in [1.82, 2.24) is 20.1 Å². The van der Waals surface area contributed by atoms with Gasteiger partial charge in [0.1, 0.15) is 5.82 Å². The summed E-state index contributed by atoms with van der Waals surface area (Å²) in [5.74, 6) is 0.866. The monoisotopic (exact) mass is 488 g/mol. The number of hydrogen-bond acceptors (Lipinski definition) is 4. The molecule has 4 aromatic rings. The predicted molar refractivity (Wildman–Crippen MR) is 138 cm³/mol. The second kappa shape index (κ2) is 11.8. The molecule has 0 aliphatic carbocycles. The summed E-state index contributed by atoms with van der Waals surface area (Å²) < 4.78 is 15.2. The van der Waals surface area contributed by atoms with Gasteiger partial charge in [-0.25, -0.2) is 4.39 Å². The van der Waals surface area contributed by atoms with Gasteiger partial charge in [0.2, 0.25) is 0 Å². The van der Waals surface area contributed by atoms with Crippen LogP contribution in [0.15, 0.2) is 78.0 Å². The number of nitrogens with one attached hydrogen (secondary N) is 1. The van der Waals surface area contributed by atoms with Crippen LogP contribution in [0.1, 0.15) is 52.6 Å². The van der Waals surface area contributed by atoms with Gasteiger partial charge in [-0.2, -0.15) is 0 Å². The molecule has 0 radical (unpaired) electrons. The Morgan fingerprint density at radius 1 is 0.943 bits per heavy atom. The molecule has 0 fully saturated rings. The van der Waals surface area contributed by atoms with Crippen LogP contribution in [0.3, 0.4) is 0 Å². The maximum atomic E-state index is 13.2. The van der Waals surface area contributed by atoms with Crippen LogP contribution in [-0.2, 0) is 18.7 Å². The maximum Gasteiger partial charge on any atom is 0.251 e. The lowest BCUT2D eigenvalue weighted by atomic mass is 10.1. The molecular weight excluding hydrogens is 459 g/mol. The molecule has 5 nitrogen and oxygen atoms in total. The quantitative estimate of drug-likeness (QED) is 0.267. The third kappa shape index (κ3) is 6.57. The minimum Gasteiger partial charge on any atom is -0.345 e. The second-order valence-electron chi connectivity index (χ2n) is 8.47. The highest BCUT2D eigenvalue weighted by Gasteiger charge is 2.16. The molecule has 0 unspecified atom stereocenters. The Balaban J connectivity index is 1.49. The van der Waals surface area contributed by atoms with Crippen LogP contribution in [0.5, 0.6) is 0 Å². The van der Waals surface area contributed by atoms with Crippen molar-refractivity contribution < 1.29 is 9.18 Å². The van der Waals surface area contributed by atoms with Gasteiger partial charge in [-0.3, -0.25) is 9.36 Å². The fourth-order valence-electron chi connectivity index (χ4n) is 3.66. The van der Waals surface area contributed by atoms with Crippen molar-refractivity contribution in [3.8, 4) is 5.69 Å². The van der Waals surface area contributed by atoms with Crippen molar-refractivity contribution in [1.29, 1.82) is 0 Å². The highest BCUT2D eigenvalue weighted by Crippen LogP contribution is 2.26. The van der Waals surface area contributed by atoms with E-state index in [0.717, 1.165) is 36.1 Å². The number of carbonyl (C=O) groups excluding carboxylic acids is 1. The fourth-order valence-corrected chi connectivity index (χ4v) is 4.58. The summed E-state index contributed by atoms with van der Waals surface area (Å²) in [5.41, 5.74) is 4.93. The molecule has 4 rings (SSSR count). The van der Waals surface area contributed by atoms with Gasteiger partial charge in [0.05, 0.1) is 6.54 Å². The summed E-state index contributed by atoms with van der Waals surface area (Å²) in [4.78, 5) is 12.8. The first-order chi connectivity index (χ1) is 17.0. The summed E-state index contributed by atoms with van der Waals surface area (Å²) in [6.45, 7) is 4.45. The van der Waals surface area contributed by atoms with E-state index < -0.39 is 0 Å². The largest absolute Gasteiger partial charge is 0.345 e. The Kier molecular flexibility index (Phi) is 8.32. The first-order valence-corrected chi connectivity index (χ1v) is 12.8. The molecule has 0 saturated heterocycles. The second-order valence-corrected chi connectivity index (χ2v) is 9.41. The standard InChI is InChI=1S/C28H29FN4OS/c1-3-4-5-21-8-12-23(13-9-21)27(34)30-18-26-31-32-28(33(26)25-16-6-20(2)7-17-25)35-19-22-10-14-24(29)15-11-22/h6-17H,3-5,18-19H2,1-2H3,(H,30,34). The van der Waals surface area contributed by atoms with Gasteiger partial charge in [-0.05, 0) is 67.3 Å². The lowest BCUT2D eigenvalue weighted by Crippen LogP contribution is -2.24. The molecule has 1 N–H and O–H groups in total. The van der Waals surface area contributed by atoms with Crippen LogP contribution >= 0.6 is 11.8 Å². The first-order valence-electron chi connectivity index (χ1n) is 11.8. The highest BCUT2D eigenvalue weighted by atomic mass is 32.2. The number of thioether (sulfide) groups is 1. The van der Waals surface area contributed by atoms with E-state index in [2.05, 4.69) is 22.4 Å². The van der Waals surface area contributed by atoms with Gasteiger partial charge in [0.15, 0.2) is 11.0 Å². The number of rotatable bonds is 10. The summed E-state index contributed by atoms with van der Waals surface area (Å²) in [7, 11) is 0. The van der Waals surface area contributed by atoms with E-state index in [0.29, 0.717) is 22.3 Å². The minimum absolute atomic E-state index is 0.147. The van der Waals surface area contributed by atoms with Gasteiger partial charge in [-0.1, -0.05) is 67.1 Å². The van der Waals surface area contributed by atoms with Crippen molar-refractivity contribution in [2.24, 2.45) is 0 Å². The molecule has 1 amide bonds. The average molecular weight is 489 g/mol. The SMILES string of the molecule is CCCCc1ccc(C(=O)NCc2nnc(SCc3ccc(F)cc3)n2-c2ccc(C)cc2)cc1. The van der Waals surface area contributed by atoms with E-state index in [1.807, 2.05) is 60.0 Å². The Labute approximate surface area is 209 Å². The van der Waals surface area contributed by atoms with Crippen LogP contribution < -0.4 is 5.32 Å². The molecule has 35 heavy (non-hydrogen) atoms. The summed E-state index contributed by atoms with van der Waals surface area (Å²) in [5, 5.41) is 12.5. The van der Waals surface area contributed by atoms with Crippen molar-refractivity contribution >= 4 is 17.7 Å². The minimum atomic E-state index is -0.254. The Bertz CT molecular complexity index is 1250. The zero-order valence-corrected chi connectivity index (χ0v) is 20.8. The van der Waals surface area contributed by atoms with Crippen molar-refractivity contribution in [2.45, 2.75) is 50.6 Å². The lowest BCUT2D eigenvalue weighted by Gasteiger charge is -2.12. The van der Waals surface area contributed by atoms with Crippen LogP contribution in [0.2, 0.25) is 0 Å². The molecule has 0 saturated carbocycles. The van der Waals surface area contributed by atoms with Gasteiger partial charge in [0.25, 0.3) is 5.91 Å². The van der Waals surface area contributed by atoms with Gasteiger partial charge >= 0.3 is 0 Å². The third-order valence-corrected chi connectivity index (χ3v) is 6.72. The maximum absolute atomic E-state index is 13.2. The smallest absolute Gasteiger partial charge is 0.251 e. The number of hydrogen-bond donors (Lipinski definition) is 1. The molecule has 0 atom stereocenters. The fraction of sp³-hybridized carbons (Fsp3) is 0.250. The Hall–Kier alpha value is -3.45. The molecule has 0 bridgehead atoms. The van der Waals surface area contributed by atoms with Gasteiger partial charge in [0, 0.05) is 17.0 Å². The molecule has 0 aliphatic rings. The Morgan fingerprint density at radius 2 is 1.63 bits per heavy atom. The van der Waals surface area contributed by atoms with Crippen molar-refractivity contribution in [3.63, 3.8) is 0 Å². The molecule has 7 heteroatoms. The molecule has 1 heterocycles. The summed E-state index contributed by atoms with van der Waals surface area (Å²) in [6, 6.07) is 22.3. The zero-order chi connectivity index (χ0) is 24.6. The van der Waals surface area contributed by atoms with Crippen LogP contribution in [-0.4, -0.2) is 20.7 Å². The number of nitrogens with zero attached hydrogens (tertiary/aromatic N) is 3. The van der Waals surface area contributed by atoms with E-state index in [1.165, 1.54) is 29.5 Å². The number of aryl methyl sites for hydroxylation is 2. The predicted octanol–water partition coefficient (Wildman–Crippen LogP) is 6.28. The molecule has 0 spiro atoms. The molecule has 3 aromatic carbocycles. The number of unbranched alkanes of at least 4 members (excludes halogenated alkanes) is 1. The zero-order valence-electron chi connectivity index (χ0n) is 20.0. The number of carbonyl (C=O) groups is 1. The van der Waals surface area contributed by atoms with E-state index in [9.17, 15) is 9.18 Å². The van der Waals surface area contributed by atoms with Gasteiger partial charge in [-0.15, -0.1) is 10.2 Å². The number of amides is 1. The number of aromatic nitrogens is 3. The topological polar surface area (TPSA) is 59.8 Å². The van der Waals surface area contributed by atoms with Crippen LogP contribution in [0.4, 0.5) is 4.39 Å². The first kappa shape index (κ1) is 24.7. The summed E-state index contributed by atoms with van der Waals surface area (Å²) in [6.07, 6.45) is 3.31. The van der Waals surface area contributed by atoms with Gasteiger partial charge < -0.3 is 5.32 Å². The highest BCUT2D eigenvalue weighted by molar-refractivity contribution is 7.98. The van der Waals surface area contributed by atoms with Crippen LogP contribution in [0, 0.1) is 12.7 Å². The lowest BCUT2D eigenvalue weighted by molar-refractivity contribution is 0.0949. The number of halogens is 1. The van der Waals surface area contributed by atoms with E-state index in [1.54, 1.807) is 12.1 Å². The Morgan fingerprint density at radius 3 is 2.31 bits per heavy atom.